The van der Waals surface area contributed by atoms with Crippen molar-refractivity contribution >= 4 is 0 Å². The van der Waals surface area contributed by atoms with Gasteiger partial charge in [-0.25, -0.2) is 9.02 Å². The summed E-state index contributed by atoms with van der Waals surface area (Å²) in [7, 11) is 0. The van der Waals surface area contributed by atoms with Crippen LogP contribution in [0.4, 0.5) is 4.39 Å². The third-order valence-electron chi connectivity index (χ3n) is 2.93. The first-order chi connectivity index (χ1) is 10.0. The van der Waals surface area contributed by atoms with Crippen molar-refractivity contribution in [1.82, 2.24) is 15.6 Å². The number of halogens is 1. The van der Waals surface area contributed by atoms with Crippen LogP contribution < -0.4 is 10.1 Å². The molecule has 5 nitrogen and oxygen atoms in total. The first-order valence-electron chi connectivity index (χ1n) is 6.95. The summed E-state index contributed by atoms with van der Waals surface area (Å²) in [6.07, 6.45) is 0. The third-order valence-corrected chi connectivity index (χ3v) is 2.93. The van der Waals surface area contributed by atoms with Crippen LogP contribution in [-0.4, -0.2) is 16.9 Å². The summed E-state index contributed by atoms with van der Waals surface area (Å²) in [5.41, 5.74) is 2.13. The molecule has 1 aromatic heterocycles. The highest BCUT2D eigenvalue weighted by Crippen LogP contribution is 2.18. The van der Waals surface area contributed by atoms with Gasteiger partial charge in [0.05, 0.1) is 0 Å². The van der Waals surface area contributed by atoms with Gasteiger partial charge in [-0.15, -0.1) is 0 Å². The molecular formula is C15H20FN3O2. The molecular weight excluding hydrogens is 273 g/mol. The Balaban J connectivity index is 1.96. The lowest BCUT2D eigenvalue weighted by atomic mass is 10.2. The molecule has 1 heterocycles. The Kier molecular flexibility index (Phi) is 5.27. The van der Waals surface area contributed by atoms with Gasteiger partial charge in [-0.05, 0) is 37.1 Å². The number of nitrogens with one attached hydrogen (secondary N) is 1. The second-order valence-corrected chi connectivity index (χ2v) is 5.40. The fourth-order valence-electron chi connectivity index (χ4n) is 1.84. The summed E-state index contributed by atoms with van der Waals surface area (Å²) in [5.74, 6) is 0.708. The van der Waals surface area contributed by atoms with Gasteiger partial charge in [-0.2, -0.15) is 0 Å². The fourth-order valence-corrected chi connectivity index (χ4v) is 1.84. The maximum Gasteiger partial charge on any atom is 0.145 e. The zero-order chi connectivity index (χ0) is 15.2. The normalized spacial score (nSPS) is 11.1. The maximum atomic E-state index is 13.6. The number of aryl methyl sites for hydroxylation is 1. The highest BCUT2D eigenvalue weighted by molar-refractivity contribution is 5.29. The van der Waals surface area contributed by atoms with Crippen LogP contribution in [0.3, 0.4) is 0 Å². The van der Waals surface area contributed by atoms with Crippen LogP contribution in [0.5, 0.6) is 5.75 Å². The highest BCUT2D eigenvalue weighted by atomic mass is 19.1. The van der Waals surface area contributed by atoms with Gasteiger partial charge in [0.2, 0.25) is 0 Å². The van der Waals surface area contributed by atoms with Crippen LogP contribution in [0, 0.1) is 18.7 Å². The van der Waals surface area contributed by atoms with Gasteiger partial charge >= 0.3 is 0 Å². The number of benzene rings is 1. The van der Waals surface area contributed by atoms with Crippen LogP contribution in [0.25, 0.3) is 0 Å². The Bertz CT molecular complexity index is 584. The summed E-state index contributed by atoms with van der Waals surface area (Å²) in [5, 5.41) is 10.7. The van der Waals surface area contributed by atoms with Crippen molar-refractivity contribution < 1.29 is 13.8 Å². The van der Waals surface area contributed by atoms with Crippen LogP contribution in [0.1, 0.15) is 30.8 Å². The summed E-state index contributed by atoms with van der Waals surface area (Å²) in [6.45, 7) is 7.73. The van der Waals surface area contributed by atoms with E-state index < -0.39 is 0 Å². The van der Waals surface area contributed by atoms with Gasteiger partial charge < -0.3 is 10.1 Å². The zero-order valence-corrected chi connectivity index (χ0v) is 12.5. The molecule has 2 aromatic rings. The molecule has 0 fully saturated rings. The lowest BCUT2D eigenvalue weighted by molar-refractivity contribution is 0.269. The molecule has 0 saturated heterocycles. The van der Waals surface area contributed by atoms with Gasteiger partial charge in [0.15, 0.2) is 0 Å². The molecule has 0 saturated carbocycles. The van der Waals surface area contributed by atoms with E-state index >= 15 is 0 Å². The second-order valence-electron chi connectivity index (χ2n) is 5.40. The van der Waals surface area contributed by atoms with Crippen molar-refractivity contribution in [3.8, 4) is 5.75 Å². The Morgan fingerprint density at radius 2 is 2.10 bits per heavy atom. The summed E-state index contributed by atoms with van der Waals surface area (Å²) >= 11 is 0. The first-order valence-corrected chi connectivity index (χ1v) is 6.95. The van der Waals surface area contributed by atoms with Crippen LogP contribution >= 0.6 is 0 Å². The molecule has 21 heavy (non-hydrogen) atoms. The number of aromatic nitrogens is 2. The summed E-state index contributed by atoms with van der Waals surface area (Å²) in [6, 6.07) is 4.68. The lowest BCUT2D eigenvalue weighted by Gasteiger charge is -2.10. The minimum Gasteiger partial charge on any atom is -0.487 e. The largest absolute Gasteiger partial charge is 0.487 e. The Hall–Kier alpha value is -1.95. The molecule has 0 aliphatic heterocycles. The van der Waals surface area contributed by atoms with E-state index in [9.17, 15) is 4.39 Å². The van der Waals surface area contributed by atoms with Gasteiger partial charge in [0.25, 0.3) is 0 Å². The van der Waals surface area contributed by atoms with E-state index in [-0.39, 0.29) is 12.4 Å². The van der Waals surface area contributed by atoms with Crippen molar-refractivity contribution in [2.24, 2.45) is 5.92 Å². The number of hydrogen-bond acceptors (Lipinski definition) is 5. The van der Waals surface area contributed by atoms with Crippen LogP contribution in [0.15, 0.2) is 22.8 Å². The topological polar surface area (TPSA) is 60.2 Å². The van der Waals surface area contributed by atoms with E-state index in [1.807, 2.05) is 6.07 Å². The minimum absolute atomic E-state index is 0.206. The molecule has 2 rings (SSSR count). The van der Waals surface area contributed by atoms with Gasteiger partial charge in [0, 0.05) is 12.6 Å². The first kappa shape index (κ1) is 15.4. The van der Waals surface area contributed by atoms with E-state index in [1.54, 1.807) is 6.92 Å². The van der Waals surface area contributed by atoms with E-state index in [0.717, 1.165) is 12.1 Å². The fraction of sp³-hybridized carbons (Fsp3) is 0.467. The van der Waals surface area contributed by atoms with E-state index in [1.165, 1.54) is 12.1 Å². The predicted molar refractivity (Wildman–Crippen MR) is 76.3 cm³/mol. The Morgan fingerprint density at radius 1 is 1.29 bits per heavy atom. The van der Waals surface area contributed by atoms with Crippen molar-refractivity contribution in [2.75, 3.05) is 6.54 Å². The van der Waals surface area contributed by atoms with Crippen molar-refractivity contribution in [3.05, 3.63) is 41.0 Å². The van der Waals surface area contributed by atoms with E-state index in [4.69, 9.17) is 4.74 Å². The highest BCUT2D eigenvalue weighted by Gasteiger charge is 2.07. The lowest BCUT2D eigenvalue weighted by Crippen LogP contribution is -2.19. The van der Waals surface area contributed by atoms with Gasteiger partial charge in [-0.1, -0.05) is 24.2 Å². The average molecular weight is 293 g/mol. The molecule has 0 aliphatic rings. The molecule has 0 unspecified atom stereocenters. The van der Waals surface area contributed by atoms with Gasteiger partial charge in [0.1, 0.15) is 29.6 Å². The minimum atomic E-state index is -0.316. The van der Waals surface area contributed by atoms with Crippen molar-refractivity contribution in [1.29, 1.82) is 0 Å². The Morgan fingerprint density at radius 3 is 2.76 bits per heavy atom. The molecule has 0 amide bonds. The molecule has 0 aliphatic carbocycles. The van der Waals surface area contributed by atoms with E-state index in [2.05, 4.69) is 34.1 Å². The number of nitrogens with zero attached hydrogens (tertiary/aromatic N) is 2. The smallest absolute Gasteiger partial charge is 0.145 e. The van der Waals surface area contributed by atoms with Crippen molar-refractivity contribution in [2.45, 2.75) is 33.9 Å². The second kappa shape index (κ2) is 7.17. The summed E-state index contributed by atoms with van der Waals surface area (Å²) < 4.78 is 23.7. The molecule has 0 atom stereocenters. The number of hydrogen-bond donors (Lipinski definition) is 1. The van der Waals surface area contributed by atoms with Gasteiger partial charge in [-0.3, -0.25) is 0 Å². The monoisotopic (exact) mass is 293 g/mol. The summed E-state index contributed by atoms with van der Waals surface area (Å²) in [4.78, 5) is 0. The zero-order valence-electron chi connectivity index (χ0n) is 12.5. The van der Waals surface area contributed by atoms with Crippen LogP contribution in [-0.2, 0) is 13.2 Å². The Labute approximate surface area is 123 Å². The molecule has 6 heteroatoms. The number of rotatable bonds is 7. The number of ether oxygens (including phenoxy) is 1. The molecule has 1 aromatic carbocycles. The SMILES string of the molecule is Cc1nonc1COc1cc(F)cc(CNCC(C)C)c1. The third kappa shape index (κ3) is 4.82. The predicted octanol–water partition coefficient (Wildman–Crippen LogP) is 2.84. The quantitative estimate of drug-likeness (QED) is 0.850. The van der Waals surface area contributed by atoms with Crippen LogP contribution in [0.2, 0.25) is 0 Å². The average Bonchev–Trinajstić information content (AvgIpc) is 2.81. The standard InChI is InChI=1S/C15H20FN3O2/c1-10(2)7-17-8-12-4-13(16)6-14(5-12)20-9-15-11(3)18-21-19-15/h4-6,10,17H,7-9H2,1-3H3. The molecule has 0 bridgehead atoms. The van der Waals surface area contributed by atoms with Crippen molar-refractivity contribution in [3.63, 3.8) is 0 Å². The molecule has 1 N–H and O–H groups in total. The molecule has 114 valence electrons. The molecule has 0 radical (unpaired) electrons. The maximum absolute atomic E-state index is 13.6. The molecule has 0 spiro atoms. The van der Waals surface area contributed by atoms with E-state index in [0.29, 0.717) is 29.6 Å².